The molecule has 1 rings (SSSR count). The first kappa shape index (κ1) is 7.72. The zero-order valence-electron chi connectivity index (χ0n) is 6.30. The molecule has 1 aromatic heterocycles. The second-order valence-corrected chi connectivity index (χ2v) is 3.24. The van der Waals surface area contributed by atoms with Gasteiger partial charge < -0.3 is 0 Å². The number of hydrogen-bond acceptors (Lipinski definition) is 2. The molecule has 0 aromatic carbocycles. The highest BCUT2D eigenvalue weighted by Gasteiger charge is 2.04. The number of aryl methyl sites for hydroxylation is 1. The van der Waals surface area contributed by atoms with Gasteiger partial charge in [-0.3, -0.25) is 0 Å². The molecule has 0 bridgehead atoms. The van der Waals surface area contributed by atoms with Crippen molar-refractivity contribution < 1.29 is 0 Å². The summed E-state index contributed by atoms with van der Waals surface area (Å²) in [4.78, 5) is 1.69. The van der Waals surface area contributed by atoms with Gasteiger partial charge in [-0.2, -0.15) is 9.90 Å². The maximum absolute atomic E-state index is 4.17. The number of hydrogen-bond donors (Lipinski definition) is 0. The van der Waals surface area contributed by atoms with Gasteiger partial charge in [0.05, 0.1) is 11.7 Å². The summed E-state index contributed by atoms with van der Waals surface area (Å²) in [5, 5.41) is 8.30. The fourth-order valence-electron chi connectivity index (χ4n) is 0.611. The maximum Gasteiger partial charge on any atom is 0.151 e. The van der Waals surface area contributed by atoms with Gasteiger partial charge in [0, 0.05) is 0 Å². The van der Waals surface area contributed by atoms with Gasteiger partial charge in [0.1, 0.15) is 0 Å². The van der Waals surface area contributed by atoms with Crippen LogP contribution >= 0.6 is 15.9 Å². The molecular weight excluding hydrogens is 194 g/mol. The second-order valence-electron chi connectivity index (χ2n) is 2.49. The molecule has 3 nitrogen and oxygen atoms in total. The summed E-state index contributed by atoms with van der Waals surface area (Å²) in [6.07, 6.45) is 0. The van der Waals surface area contributed by atoms with Gasteiger partial charge in [-0.05, 0) is 36.7 Å². The van der Waals surface area contributed by atoms with Crippen LogP contribution < -0.4 is 0 Å². The van der Waals surface area contributed by atoms with E-state index in [-0.39, 0.29) is 0 Å². The SMILES string of the molecule is Cc1nn(C(C)C)nc1Br. The predicted molar refractivity (Wildman–Crippen MR) is 42.8 cm³/mol. The summed E-state index contributed by atoms with van der Waals surface area (Å²) >= 11 is 3.29. The van der Waals surface area contributed by atoms with Crippen LogP contribution in [0.5, 0.6) is 0 Å². The van der Waals surface area contributed by atoms with Gasteiger partial charge in [-0.25, -0.2) is 0 Å². The van der Waals surface area contributed by atoms with E-state index in [1.807, 2.05) is 20.8 Å². The van der Waals surface area contributed by atoms with Gasteiger partial charge in [-0.1, -0.05) is 0 Å². The van der Waals surface area contributed by atoms with Crippen LogP contribution in [0.25, 0.3) is 0 Å². The van der Waals surface area contributed by atoms with Crippen LogP contribution in [0.2, 0.25) is 0 Å². The fraction of sp³-hybridized carbons (Fsp3) is 0.667. The monoisotopic (exact) mass is 203 g/mol. The van der Waals surface area contributed by atoms with Crippen molar-refractivity contribution in [3.05, 3.63) is 10.3 Å². The highest BCUT2D eigenvalue weighted by Crippen LogP contribution is 2.11. The van der Waals surface area contributed by atoms with Crippen LogP contribution in [0.4, 0.5) is 0 Å². The number of aromatic nitrogens is 3. The molecule has 0 aliphatic carbocycles. The minimum absolute atomic E-state index is 0.338. The van der Waals surface area contributed by atoms with Gasteiger partial charge in [0.15, 0.2) is 4.60 Å². The van der Waals surface area contributed by atoms with Crippen LogP contribution in [0, 0.1) is 6.92 Å². The average molecular weight is 204 g/mol. The lowest BCUT2D eigenvalue weighted by Gasteiger charge is -1.99. The predicted octanol–water partition coefficient (Wildman–Crippen LogP) is 1.93. The van der Waals surface area contributed by atoms with Crippen molar-refractivity contribution in [2.45, 2.75) is 26.8 Å². The van der Waals surface area contributed by atoms with E-state index in [0.717, 1.165) is 10.3 Å². The molecule has 0 N–H and O–H groups in total. The maximum atomic E-state index is 4.17. The Hall–Kier alpha value is -0.380. The summed E-state index contributed by atoms with van der Waals surface area (Å²) in [6.45, 7) is 6.02. The highest BCUT2D eigenvalue weighted by molar-refractivity contribution is 9.10. The highest BCUT2D eigenvalue weighted by atomic mass is 79.9. The molecule has 10 heavy (non-hydrogen) atoms. The van der Waals surface area contributed by atoms with Crippen molar-refractivity contribution in [2.75, 3.05) is 0 Å². The first-order chi connectivity index (χ1) is 4.61. The fourth-order valence-corrected chi connectivity index (χ4v) is 0.852. The lowest BCUT2D eigenvalue weighted by molar-refractivity contribution is 0.463. The summed E-state index contributed by atoms with van der Waals surface area (Å²) in [5.74, 6) is 0. The molecule has 4 heteroatoms. The Morgan fingerprint density at radius 2 is 2.00 bits per heavy atom. The first-order valence-electron chi connectivity index (χ1n) is 3.20. The molecule has 0 aliphatic heterocycles. The van der Waals surface area contributed by atoms with E-state index in [9.17, 15) is 0 Å². The smallest absolute Gasteiger partial charge is 0.151 e. The van der Waals surface area contributed by atoms with Gasteiger partial charge >= 0.3 is 0 Å². The van der Waals surface area contributed by atoms with E-state index < -0.39 is 0 Å². The molecule has 1 aromatic rings. The topological polar surface area (TPSA) is 30.7 Å². The molecule has 1 heterocycles. The first-order valence-corrected chi connectivity index (χ1v) is 3.99. The van der Waals surface area contributed by atoms with E-state index in [1.165, 1.54) is 0 Å². The minimum atomic E-state index is 0.338. The molecule has 0 saturated carbocycles. The molecule has 0 amide bonds. The third-order valence-corrected chi connectivity index (χ3v) is 1.94. The van der Waals surface area contributed by atoms with Crippen LogP contribution in [-0.4, -0.2) is 15.0 Å². The molecule has 56 valence electrons. The van der Waals surface area contributed by atoms with Crippen LogP contribution in [0.1, 0.15) is 25.6 Å². The lowest BCUT2D eigenvalue weighted by atomic mass is 10.4. The minimum Gasteiger partial charge on any atom is -0.181 e. The zero-order chi connectivity index (χ0) is 7.72. The molecule has 0 fully saturated rings. The molecule has 0 spiro atoms. The average Bonchev–Trinajstić information content (AvgIpc) is 2.13. The Balaban J connectivity index is 2.98. The molecule has 0 aliphatic rings. The van der Waals surface area contributed by atoms with Crippen LogP contribution in [0.15, 0.2) is 4.60 Å². The van der Waals surface area contributed by atoms with E-state index in [0.29, 0.717) is 6.04 Å². The normalized spacial score (nSPS) is 10.9. The van der Waals surface area contributed by atoms with E-state index >= 15 is 0 Å². The second kappa shape index (κ2) is 2.70. The molecule has 0 unspecified atom stereocenters. The van der Waals surface area contributed by atoms with Crippen LogP contribution in [-0.2, 0) is 0 Å². The van der Waals surface area contributed by atoms with Crippen molar-refractivity contribution >= 4 is 15.9 Å². The number of nitrogens with zero attached hydrogens (tertiary/aromatic N) is 3. The molecular formula is C6H10BrN3. The summed E-state index contributed by atoms with van der Waals surface area (Å²) < 4.78 is 0.834. The molecule has 0 atom stereocenters. The quantitative estimate of drug-likeness (QED) is 0.699. The lowest BCUT2D eigenvalue weighted by Crippen LogP contribution is -2.04. The van der Waals surface area contributed by atoms with Crippen molar-refractivity contribution in [3.63, 3.8) is 0 Å². The molecule has 0 radical (unpaired) electrons. The van der Waals surface area contributed by atoms with Gasteiger partial charge in [-0.15, -0.1) is 5.10 Å². The van der Waals surface area contributed by atoms with Crippen molar-refractivity contribution in [1.82, 2.24) is 15.0 Å². The summed E-state index contributed by atoms with van der Waals surface area (Å²) in [6, 6.07) is 0.338. The van der Waals surface area contributed by atoms with E-state index in [4.69, 9.17) is 0 Å². The zero-order valence-corrected chi connectivity index (χ0v) is 7.88. The Morgan fingerprint density at radius 1 is 1.40 bits per heavy atom. The Kier molecular flexibility index (Phi) is 2.08. The van der Waals surface area contributed by atoms with Gasteiger partial charge in [0.25, 0.3) is 0 Å². The standard InChI is InChI=1S/C6H10BrN3/c1-4(2)10-8-5(3)6(7)9-10/h4H,1-3H3. The van der Waals surface area contributed by atoms with Gasteiger partial charge in [0.2, 0.25) is 0 Å². The Labute approximate surface area is 68.6 Å². The third-order valence-electron chi connectivity index (χ3n) is 1.20. The van der Waals surface area contributed by atoms with Crippen LogP contribution in [0.3, 0.4) is 0 Å². The van der Waals surface area contributed by atoms with Crippen molar-refractivity contribution in [3.8, 4) is 0 Å². The Bertz CT molecular complexity index is 209. The summed E-state index contributed by atoms with van der Waals surface area (Å²) in [5.41, 5.74) is 0.939. The van der Waals surface area contributed by atoms with E-state index in [1.54, 1.807) is 4.80 Å². The van der Waals surface area contributed by atoms with Crippen molar-refractivity contribution in [2.24, 2.45) is 0 Å². The number of halogens is 1. The summed E-state index contributed by atoms with van der Waals surface area (Å²) in [7, 11) is 0. The van der Waals surface area contributed by atoms with Crippen molar-refractivity contribution in [1.29, 1.82) is 0 Å². The van der Waals surface area contributed by atoms with E-state index in [2.05, 4.69) is 26.1 Å². The Morgan fingerprint density at radius 3 is 2.20 bits per heavy atom. The number of rotatable bonds is 1. The third kappa shape index (κ3) is 1.37. The largest absolute Gasteiger partial charge is 0.181 e. The molecule has 0 saturated heterocycles.